The van der Waals surface area contributed by atoms with Gasteiger partial charge in [-0.2, -0.15) is 0 Å². The highest BCUT2D eigenvalue weighted by Gasteiger charge is 2.36. The molecule has 1 N–H and O–H groups in total. The van der Waals surface area contributed by atoms with Gasteiger partial charge in [-0.05, 0) is 25.7 Å². The predicted octanol–water partition coefficient (Wildman–Crippen LogP) is 1.10. The second-order valence-electron chi connectivity index (χ2n) is 8.35. The number of aliphatic carboxylic acids is 2. The number of carboxylic acids is 2. The van der Waals surface area contributed by atoms with Gasteiger partial charge in [0.05, 0.1) is 31.0 Å². The van der Waals surface area contributed by atoms with Crippen LogP contribution < -0.4 is 5.11 Å². The Labute approximate surface area is 169 Å². The monoisotopic (exact) mass is 407 g/mol. The summed E-state index contributed by atoms with van der Waals surface area (Å²) in [6.07, 6.45) is 8.06. The Bertz CT molecular complexity index is 647. The van der Waals surface area contributed by atoms with E-state index in [0.29, 0.717) is 6.42 Å². The lowest BCUT2D eigenvalue weighted by Gasteiger charge is -2.30. The molecule has 0 radical (unpaired) electrons. The Morgan fingerprint density at radius 1 is 0.828 bits per heavy atom. The van der Waals surface area contributed by atoms with E-state index in [0.717, 1.165) is 0 Å². The van der Waals surface area contributed by atoms with Crippen molar-refractivity contribution in [1.29, 1.82) is 0 Å². The summed E-state index contributed by atoms with van der Waals surface area (Å²) in [5, 5.41) is 20.5. The molecule has 0 aromatic heterocycles. The van der Waals surface area contributed by atoms with Crippen molar-refractivity contribution in [2.45, 2.75) is 39.5 Å². The van der Waals surface area contributed by atoms with Crippen LogP contribution in [0.25, 0.3) is 0 Å². The molecule has 0 aromatic rings. The Morgan fingerprint density at radius 3 is 1.62 bits per heavy atom. The molecule has 2 rings (SSSR count). The summed E-state index contributed by atoms with van der Waals surface area (Å²) in [7, 11) is 0. The molecule has 2 aliphatic rings. The number of rotatable bonds is 8. The van der Waals surface area contributed by atoms with Crippen LogP contribution in [-0.2, 0) is 28.7 Å². The summed E-state index contributed by atoms with van der Waals surface area (Å²) >= 11 is 0. The SMILES string of the molecule is CC(C)(COC(=O)C1CC=CCC1C(=O)[O-])COC(=O)C1CC=CCC1C(=O)O. The third kappa shape index (κ3) is 6.17. The third-order valence-electron chi connectivity index (χ3n) is 5.30. The fourth-order valence-electron chi connectivity index (χ4n) is 3.47. The molecule has 0 fully saturated rings. The second-order valence-corrected chi connectivity index (χ2v) is 8.35. The Balaban J connectivity index is 1.86. The molecule has 0 spiro atoms. The molecule has 8 heteroatoms. The summed E-state index contributed by atoms with van der Waals surface area (Å²) < 4.78 is 10.6. The first-order chi connectivity index (χ1) is 13.6. The summed E-state index contributed by atoms with van der Waals surface area (Å²) in [4.78, 5) is 47.2. The van der Waals surface area contributed by atoms with Gasteiger partial charge in [-0.15, -0.1) is 0 Å². The average Bonchev–Trinajstić information content (AvgIpc) is 2.70. The Morgan fingerprint density at radius 2 is 1.21 bits per heavy atom. The molecule has 160 valence electrons. The highest BCUT2D eigenvalue weighted by Crippen LogP contribution is 2.29. The van der Waals surface area contributed by atoms with Crippen LogP contribution in [0.3, 0.4) is 0 Å². The van der Waals surface area contributed by atoms with Crippen LogP contribution in [-0.4, -0.2) is 42.2 Å². The largest absolute Gasteiger partial charge is 0.550 e. The molecular weight excluding hydrogens is 380 g/mol. The zero-order valence-corrected chi connectivity index (χ0v) is 16.7. The van der Waals surface area contributed by atoms with E-state index in [1.807, 2.05) is 0 Å². The lowest BCUT2D eigenvalue weighted by molar-refractivity contribution is -0.313. The van der Waals surface area contributed by atoms with Crippen molar-refractivity contribution in [1.82, 2.24) is 0 Å². The minimum absolute atomic E-state index is 0.0554. The van der Waals surface area contributed by atoms with Crippen molar-refractivity contribution in [3.63, 3.8) is 0 Å². The third-order valence-corrected chi connectivity index (χ3v) is 5.30. The zero-order chi connectivity index (χ0) is 21.6. The van der Waals surface area contributed by atoms with Gasteiger partial charge in [0.25, 0.3) is 0 Å². The van der Waals surface area contributed by atoms with Crippen LogP contribution in [0.2, 0.25) is 0 Å². The molecule has 0 aliphatic heterocycles. The summed E-state index contributed by atoms with van der Waals surface area (Å²) in [6, 6.07) is 0. The number of esters is 2. The van der Waals surface area contributed by atoms with Crippen LogP contribution in [0.4, 0.5) is 0 Å². The van der Waals surface area contributed by atoms with Gasteiger partial charge in [0.2, 0.25) is 0 Å². The highest BCUT2D eigenvalue weighted by atomic mass is 16.5. The van der Waals surface area contributed by atoms with E-state index in [1.165, 1.54) is 0 Å². The van der Waals surface area contributed by atoms with Gasteiger partial charge in [0.15, 0.2) is 0 Å². The van der Waals surface area contributed by atoms with Crippen LogP contribution in [0.5, 0.6) is 0 Å². The topological polar surface area (TPSA) is 130 Å². The smallest absolute Gasteiger partial charge is 0.310 e. The van der Waals surface area contributed by atoms with Crippen molar-refractivity contribution in [2.75, 3.05) is 13.2 Å². The molecule has 0 aromatic carbocycles. The Kier molecular flexibility index (Phi) is 7.59. The fourth-order valence-corrected chi connectivity index (χ4v) is 3.47. The van der Waals surface area contributed by atoms with Crippen molar-refractivity contribution in [3.8, 4) is 0 Å². The minimum atomic E-state index is -1.28. The van der Waals surface area contributed by atoms with Gasteiger partial charge >= 0.3 is 17.9 Å². The Hall–Kier alpha value is -2.64. The maximum Gasteiger partial charge on any atom is 0.310 e. The van der Waals surface area contributed by atoms with Crippen LogP contribution >= 0.6 is 0 Å². The molecule has 29 heavy (non-hydrogen) atoms. The summed E-state index contributed by atoms with van der Waals surface area (Å²) in [5.41, 5.74) is -0.712. The van der Waals surface area contributed by atoms with Crippen molar-refractivity contribution in [3.05, 3.63) is 24.3 Å². The number of ether oxygens (including phenoxy) is 2. The molecule has 4 atom stereocenters. The van der Waals surface area contributed by atoms with Crippen LogP contribution in [0, 0.1) is 29.1 Å². The summed E-state index contributed by atoms with van der Waals surface area (Å²) in [6.45, 7) is 3.35. The standard InChI is InChI=1S/C21H28O8/c1-21(2,11-28-19(26)15-9-5-3-7-13(15)17(22)23)12-29-20(27)16-10-6-4-8-14(16)18(24)25/h3-6,13-16H,7-12H2,1-2H3,(H,22,23)(H,24,25)/p-1. The molecule has 0 amide bonds. The van der Waals surface area contributed by atoms with Crippen LogP contribution in [0.15, 0.2) is 24.3 Å². The van der Waals surface area contributed by atoms with E-state index in [9.17, 15) is 29.4 Å². The lowest BCUT2D eigenvalue weighted by Crippen LogP contribution is -2.41. The van der Waals surface area contributed by atoms with Gasteiger partial charge in [-0.1, -0.05) is 38.2 Å². The molecule has 0 saturated heterocycles. The molecule has 2 aliphatic carbocycles. The normalized spacial score (nSPS) is 26.6. The minimum Gasteiger partial charge on any atom is -0.550 e. The number of hydrogen-bond donors (Lipinski definition) is 1. The zero-order valence-electron chi connectivity index (χ0n) is 16.7. The van der Waals surface area contributed by atoms with E-state index < -0.39 is 53.0 Å². The molecule has 8 nitrogen and oxygen atoms in total. The first-order valence-electron chi connectivity index (χ1n) is 9.69. The number of carbonyl (C=O) groups is 4. The predicted molar refractivity (Wildman–Crippen MR) is 99.0 cm³/mol. The molecule has 0 bridgehead atoms. The number of carbonyl (C=O) groups excluding carboxylic acids is 3. The van der Waals surface area contributed by atoms with E-state index in [2.05, 4.69) is 0 Å². The average molecular weight is 407 g/mol. The van der Waals surface area contributed by atoms with Crippen molar-refractivity contribution < 1.29 is 38.9 Å². The second kappa shape index (κ2) is 9.71. The fraction of sp³-hybridized carbons (Fsp3) is 0.619. The lowest BCUT2D eigenvalue weighted by atomic mass is 9.83. The van der Waals surface area contributed by atoms with Gasteiger partial charge < -0.3 is 24.5 Å². The van der Waals surface area contributed by atoms with E-state index >= 15 is 0 Å². The first-order valence-corrected chi connectivity index (χ1v) is 9.69. The highest BCUT2D eigenvalue weighted by molar-refractivity contribution is 5.82. The van der Waals surface area contributed by atoms with Crippen molar-refractivity contribution in [2.24, 2.45) is 29.1 Å². The van der Waals surface area contributed by atoms with Gasteiger partial charge in [-0.25, -0.2) is 0 Å². The van der Waals surface area contributed by atoms with E-state index in [1.54, 1.807) is 38.2 Å². The number of allylic oxidation sites excluding steroid dienone is 4. The van der Waals surface area contributed by atoms with E-state index in [4.69, 9.17) is 9.47 Å². The van der Waals surface area contributed by atoms with Crippen molar-refractivity contribution >= 4 is 23.9 Å². The van der Waals surface area contributed by atoms with E-state index in [-0.39, 0.29) is 32.5 Å². The molecule has 0 saturated carbocycles. The summed E-state index contributed by atoms with van der Waals surface area (Å²) in [5.74, 6) is -6.79. The van der Waals surface area contributed by atoms with Crippen LogP contribution in [0.1, 0.15) is 39.5 Å². The quantitative estimate of drug-likeness (QED) is 0.468. The molecular formula is C21H27O8-. The number of carboxylic acid groups (broad SMARTS) is 2. The maximum absolute atomic E-state index is 12.4. The number of hydrogen-bond acceptors (Lipinski definition) is 7. The molecule has 0 heterocycles. The van der Waals surface area contributed by atoms with Gasteiger partial charge in [0.1, 0.15) is 0 Å². The maximum atomic E-state index is 12.4. The van der Waals surface area contributed by atoms with Gasteiger partial charge in [-0.3, -0.25) is 14.4 Å². The first kappa shape index (κ1) is 22.6. The molecule has 4 unspecified atom stereocenters. The van der Waals surface area contributed by atoms with Gasteiger partial charge in [0, 0.05) is 17.3 Å².